The minimum atomic E-state index is -4.73. The summed E-state index contributed by atoms with van der Waals surface area (Å²) in [5.41, 5.74) is 0.200. The first-order chi connectivity index (χ1) is 19.2. The summed E-state index contributed by atoms with van der Waals surface area (Å²) in [6, 6.07) is 17.2. The van der Waals surface area contributed by atoms with Crippen LogP contribution in [-0.2, 0) is 32.3 Å². The second-order valence-corrected chi connectivity index (χ2v) is 12.0. The number of nitrogens with one attached hydrogen (secondary N) is 1. The van der Waals surface area contributed by atoms with Gasteiger partial charge >= 0.3 is 6.18 Å². The Morgan fingerprint density at radius 3 is 2.15 bits per heavy atom. The molecule has 11 heteroatoms. The van der Waals surface area contributed by atoms with Crippen molar-refractivity contribution < 1.29 is 31.2 Å². The Hall–Kier alpha value is -3.86. The summed E-state index contributed by atoms with van der Waals surface area (Å²) in [5.74, 6) is -1.03. The van der Waals surface area contributed by atoms with Crippen molar-refractivity contribution in [1.82, 2.24) is 10.2 Å². The molecule has 3 aromatic rings. The maximum atomic E-state index is 13.9. The Morgan fingerprint density at radius 2 is 1.54 bits per heavy atom. The quantitative estimate of drug-likeness (QED) is 0.325. The third-order valence-corrected chi connectivity index (χ3v) is 8.31. The Morgan fingerprint density at radius 1 is 0.902 bits per heavy atom. The molecule has 0 saturated carbocycles. The molecule has 0 spiro atoms. The number of halogens is 3. The molecule has 0 bridgehead atoms. The number of anilines is 1. The lowest BCUT2D eigenvalue weighted by molar-refractivity contribution is -0.139. The van der Waals surface area contributed by atoms with E-state index in [1.807, 2.05) is 32.9 Å². The summed E-state index contributed by atoms with van der Waals surface area (Å²) in [6.07, 6.45) is -4.73. The Bertz CT molecular complexity index is 1460. The molecule has 41 heavy (non-hydrogen) atoms. The molecular formula is C30H34F3N3O4S. The molecule has 1 atom stereocenters. The maximum Gasteiger partial charge on any atom is 0.416 e. The average molecular weight is 590 g/mol. The topological polar surface area (TPSA) is 86.8 Å². The van der Waals surface area contributed by atoms with Crippen molar-refractivity contribution in [3.05, 3.63) is 95.6 Å². The van der Waals surface area contributed by atoms with Crippen molar-refractivity contribution >= 4 is 27.5 Å². The van der Waals surface area contributed by atoms with Crippen molar-refractivity contribution in [3.8, 4) is 0 Å². The summed E-state index contributed by atoms with van der Waals surface area (Å²) in [4.78, 5) is 28.0. The van der Waals surface area contributed by atoms with E-state index in [1.54, 1.807) is 18.2 Å². The van der Waals surface area contributed by atoms with Crippen molar-refractivity contribution in [1.29, 1.82) is 0 Å². The smallest absolute Gasteiger partial charge is 0.354 e. The zero-order chi connectivity index (χ0) is 30.4. The second kappa shape index (κ2) is 13.2. The number of carbonyl (C=O) groups is 2. The van der Waals surface area contributed by atoms with Crippen molar-refractivity contribution in [2.45, 2.75) is 51.4 Å². The van der Waals surface area contributed by atoms with Crippen LogP contribution in [0.2, 0.25) is 0 Å². The summed E-state index contributed by atoms with van der Waals surface area (Å²) >= 11 is 0. The highest BCUT2D eigenvalue weighted by Gasteiger charge is 2.35. The number of amides is 2. The maximum absolute atomic E-state index is 13.9. The summed E-state index contributed by atoms with van der Waals surface area (Å²) in [5, 5.41) is 2.79. The number of hydrogen-bond acceptors (Lipinski definition) is 4. The van der Waals surface area contributed by atoms with E-state index in [4.69, 9.17) is 0 Å². The monoisotopic (exact) mass is 589 g/mol. The molecule has 0 saturated heterocycles. The third kappa shape index (κ3) is 8.09. The van der Waals surface area contributed by atoms with Crippen LogP contribution in [0.3, 0.4) is 0 Å². The van der Waals surface area contributed by atoms with Gasteiger partial charge in [-0.05, 0) is 61.2 Å². The fraction of sp³-hybridized carbons (Fsp3) is 0.333. The molecule has 0 fully saturated rings. The Balaban J connectivity index is 2.07. The molecule has 0 unspecified atom stereocenters. The minimum absolute atomic E-state index is 0.0103. The van der Waals surface area contributed by atoms with Crippen LogP contribution in [-0.4, -0.2) is 44.3 Å². The molecule has 2 amide bonds. The van der Waals surface area contributed by atoms with E-state index in [0.717, 1.165) is 23.3 Å². The van der Waals surface area contributed by atoms with Crippen molar-refractivity contribution in [3.63, 3.8) is 0 Å². The van der Waals surface area contributed by atoms with E-state index in [0.29, 0.717) is 16.9 Å². The van der Waals surface area contributed by atoms with Gasteiger partial charge in [0.15, 0.2) is 0 Å². The van der Waals surface area contributed by atoms with Crippen LogP contribution in [0.5, 0.6) is 0 Å². The van der Waals surface area contributed by atoms with Crippen LogP contribution in [0.4, 0.5) is 18.9 Å². The van der Waals surface area contributed by atoms with Crippen LogP contribution in [0.1, 0.15) is 37.5 Å². The first-order valence-electron chi connectivity index (χ1n) is 13.1. The van der Waals surface area contributed by atoms with Gasteiger partial charge in [0, 0.05) is 13.1 Å². The standard InChI is InChI=1S/C30H34F3N3O4S/c1-21(2)18-34-29(38)23(4)35(19-24-12-9-8-11-22(24)3)28(37)20-36(41(39,40)27-15-6-5-7-16-27)26-14-10-13-25(17-26)30(31,32)33/h5-17,21,23H,18-20H2,1-4H3,(H,34,38)/t23-/m1/s1. The van der Waals surface area contributed by atoms with Crippen LogP contribution in [0.25, 0.3) is 0 Å². The molecule has 0 aliphatic rings. The molecule has 0 aliphatic carbocycles. The number of sulfonamides is 1. The second-order valence-electron chi connectivity index (χ2n) is 10.1. The Labute approximate surface area is 239 Å². The number of hydrogen-bond donors (Lipinski definition) is 1. The van der Waals surface area contributed by atoms with E-state index < -0.39 is 46.2 Å². The zero-order valence-electron chi connectivity index (χ0n) is 23.4. The molecule has 0 radical (unpaired) electrons. The molecule has 1 N–H and O–H groups in total. The lowest BCUT2D eigenvalue weighted by atomic mass is 10.1. The zero-order valence-corrected chi connectivity index (χ0v) is 24.2. The third-order valence-electron chi connectivity index (χ3n) is 6.53. The van der Waals surface area contributed by atoms with Gasteiger partial charge in [0.2, 0.25) is 11.8 Å². The van der Waals surface area contributed by atoms with E-state index in [9.17, 15) is 31.2 Å². The number of benzene rings is 3. The van der Waals surface area contributed by atoms with E-state index in [-0.39, 0.29) is 23.0 Å². The van der Waals surface area contributed by atoms with Gasteiger partial charge in [0.05, 0.1) is 16.1 Å². The van der Waals surface area contributed by atoms with E-state index >= 15 is 0 Å². The molecule has 3 aromatic carbocycles. The van der Waals surface area contributed by atoms with Gasteiger partial charge in [-0.3, -0.25) is 13.9 Å². The molecular weight excluding hydrogens is 555 g/mol. The van der Waals surface area contributed by atoms with Gasteiger partial charge in [-0.2, -0.15) is 13.2 Å². The first kappa shape index (κ1) is 31.7. The normalized spacial score (nSPS) is 12.6. The van der Waals surface area contributed by atoms with E-state index in [1.165, 1.54) is 42.2 Å². The molecule has 0 aliphatic heterocycles. The fourth-order valence-electron chi connectivity index (χ4n) is 4.09. The number of carbonyl (C=O) groups excluding carboxylic acids is 2. The highest BCUT2D eigenvalue weighted by Crippen LogP contribution is 2.33. The van der Waals surface area contributed by atoms with Gasteiger partial charge < -0.3 is 10.2 Å². The average Bonchev–Trinajstić information content (AvgIpc) is 2.93. The van der Waals surface area contributed by atoms with Gasteiger partial charge in [-0.1, -0.05) is 62.4 Å². The van der Waals surface area contributed by atoms with Crippen molar-refractivity contribution in [2.75, 3.05) is 17.4 Å². The molecule has 7 nitrogen and oxygen atoms in total. The Kier molecular flexibility index (Phi) is 10.2. The van der Waals surface area contributed by atoms with Crippen LogP contribution in [0, 0.1) is 12.8 Å². The van der Waals surface area contributed by atoms with E-state index in [2.05, 4.69) is 5.32 Å². The lowest BCUT2D eigenvalue weighted by Gasteiger charge is -2.32. The molecule has 0 aromatic heterocycles. The predicted molar refractivity (Wildman–Crippen MR) is 151 cm³/mol. The van der Waals surface area contributed by atoms with Crippen LogP contribution < -0.4 is 9.62 Å². The first-order valence-corrected chi connectivity index (χ1v) is 14.5. The molecule has 3 rings (SSSR count). The summed E-state index contributed by atoms with van der Waals surface area (Å²) < 4.78 is 68.8. The summed E-state index contributed by atoms with van der Waals surface area (Å²) in [6.45, 7) is 6.75. The summed E-state index contributed by atoms with van der Waals surface area (Å²) in [7, 11) is -4.48. The SMILES string of the molecule is Cc1ccccc1CN(C(=O)CN(c1cccc(C(F)(F)F)c1)S(=O)(=O)c1ccccc1)[C@H](C)C(=O)NCC(C)C. The highest BCUT2D eigenvalue weighted by atomic mass is 32.2. The highest BCUT2D eigenvalue weighted by molar-refractivity contribution is 7.92. The molecule has 0 heterocycles. The lowest BCUT2D eigenvalue weighted by Crippen LogP contribution is -2.51. The van der Waals surface area contributed by atoms with Gasteiger partial charge in [0.1, 0.15) is 12.6 Å². The van der Waals surface area contributed by atoms with Gasteiger partial charge in [-0.15, -0.1) is 0 Å². The fourth-order valence-corrected chi connectivity index (χ4v) is 5.52. The number of aryl methyl sites for hydroxylation is 1. The largest absolute Gasteiger partial charge is 0.416 e. The number of alkyl halides is 3. The van der Waals surface area contributed by atoms with Gasteiger partial charge in [-0.25, -0.2) is 8.42 Å². The van der Waals surface area contributed by atoms with Crippen LogP contribution >= 0.6 is 0 Å². The number of rotatable bonds is 11. The predicted octanol–water partition coefficient (Wildman–Crippen LogP) is 5.40. The van der Waals surface area contributed by atoms with Crippen molar-refractivity contribution in [2.24, 2.45) is 5.92 Å². The minimum Gasteiger partial charge on any atom is -0.354 e. The van der Waals surface area contributed by atoms with Gasteiger partial charge in [0.25, 0.3) is 10.0 Å². The number of nitrogens with zero attached hydrogens (tertiary/aromatic N) is 2. The molecule has 220 valence electrons. The van der Waals surface area contributed by atoms with Crippen LogP contribution in [0.15, 0.2) is 83.8 Å².